The van der Waals surface area contributed by atoms with E-state index >= 15 is 0 Å². The summed E-state index contributed by atoms with van der Waals surface area (Å²) < 4.78 is 5.89. The lowest BCUT2D eigenvalue weighted by molar-refractivity contribution is 0.481. The maximum atomic E-state index is 5.89. The molecule has 0 aliphatic heterocycles. The van der Waals surface area contributed by atoms with Gasteiger partial charge in [0.25, 0.3) is 0 Å². The van der Waals surface area contributed by atoms with Gasteiger partial charge in [-0.1, -0.05) is 37.6 Å². The second-order valence-electron chi connectivity index (χ2n) is 5.32. The van der Waals surface area contributed by atoms with Crippen LogP contribution in [-0.4, -0.2) is 6.04 Å². The van der Waals surface area contributed by atoms with Crippen molar-refractivity contribution in [3.05, 3.63) is 59.7 Å². The van der Waals surface area contributed by atoms with E-state index in [0.717, 1.165) is 24.3 Å². The summed E-state index contributed by atoms with van der Waals surface area (Å²) in [5.74, 6) is 1.74. The average Bonchev–Trinajstić information content (AvgIpc) is 2.41. The Labute approximate surface area is 121 Å². The molecule has 2 N–H and O–H groups in total. The van der Waals surface area contributed by atoms with Gasteiger partial charge in [0.1, 0.15) is 11.5 Å². The van der Waals surface area contributed by atoms with Crippen LogP contribution in [0.4, 0.5) is 0 Å². The van der Waals surface area contributed by atoms with Crippen molar-refractivity contribution in [3.8, 4) is 11.5 Å². The average molecular weight is 269 g/mol. The Kier molecular flexibility index (Phi) is 5.19. The van der Waals surface area contributed by atoms with Gasteiger partial charge >= 0.3 is 0 Å². The number of ether oxygens (including phenoxy) is 1. The van der Waals surface area contributed by atoms with Crippen LogP contribution in [0.5, 0.6) is 11.5 Å². The van der Waals surface area contributed by atoms with Gasteiger partial charge in [-0.3, -0.25) is 0 Å². The lowest BCUT2D eigenvalue weighted by Crippen LogP contribution is -2.17. The summed E-state index contributed by atoms with van der Waals surface area (Å²) in [5, 5.41) is 0. The van der Waals surface area contributed by atoms with Crippen LogP contribution >= 0.6 is 0 Å². The van der Waals surface area contributed by atoms with Gasteiger partial charge in [0, 0.05) is 6.04 Å². The van der Waals surface area contributed by atoms with Crippen molar-refractivity contribution in [1.29, 1.82) is 0 Å². The Morgan fingerprint density at radius 2 is 1.75 bits per heavy atom. The SMILES string of the molecule is CCCc1ccc(Oc2cccc(CC(C)N)c2)cc1. The van der Waals surface area contributed by atoms with Crippen LogP contribution in [0.3, 0.4) is 0 Å². The summed E-state index contributed by atoms with van der Waals surface area (Å²) in [6.45, 7) is 4.20. The molecule has 0 saturated carbocycles. The molecule has 1 atom stereocenters. The number of nitrogens with two attached hydrogens (primary N) is 1. The zero-order chi connectivity index (χ0) is 14.4. The van der Waals surface area contributed by atoms with E-state index in [1.807, 2.05) is 31.2 Å². The number of hydrogen-bond donors (Lipinski definition) is 1. The van der Waals surface area contributed by atoms with Crippen molar-refractivity contribution in [2.24, 2.45) is 5.73 Å². The predicted octanol–water partition coefficient (Wildman–Crippen LogP) is 4.32. The third-order valence-electron chi connectivity index (χ3n) is 3.15. The third-order valence-corrected chi connectivity index (χ3v) is 3.15. The van der Waals surface area contributed by atoms with Crippen molar-refractivity contribution in [2.75, 3.05) is 0 Å². The van der Waals surface area contributed by atoms with Gasteiger partial charge in [0.15, 0.2) is 0 Å². The lowest BCUT2D eigenvalue weighted by atomic mass is 10.1. The number of rotatable bonds is 6. The quantitative estimate of drug-likeness (QED) is 0.847. The molecule has 0 aliphatic rings. The molecule has 2 aromatic carbocycles. The standard InChI is InChI=1S/C18H23NO/c1-3-5-15-8-10-17(11-9-15)20-18-7-4-6-16(13-18)12-14(2)19/h4,6-11,13-14H,3,5,12,19H2,1-2H3. The normalized spacial score (nSPS) is 12.2. The fourth-order valence-corrected chi connectivity index (χ4v) is 2.26. The maximum Gasteiger partial charge on any atom is 0.127 e. The summed E-state index contributed by atoms with van der Waals surface area (Å²) in [7, 11) is 0. The smallest absolute Gasteiger partial charge is 0.127 e. The first kappa shape index (κ1) is 14.6. The maximum absolute atomic E-state index is 5.89. The first-order valence-electron chi connectivity index (χ1n) is 7.28. The Morgan fingerprint density at radius 3 is 2.40 bits per heavy atom. The van der Waals surface area contributed by atoms with Gasteiger partial charge in [-0.25, -0.2) is 0 Å². The van der Waals surface area contributed by atoms with Gasteiger partial charge in [-0.05, 0) is 55.2 Å². The van der Waals surface area contributed by atoms with Crippen LogP contribution in [0, 0.1) is 0 Å². The van der Waals surface area contributed by atoms with Gasteiger partial charge in [-0.2, -0.15) is 0 Å². The minimum Gasteiger partial charge on any atom is -0.457 e. The Morgan fingerprint density at radius 1 is 1.00 bits per heavy atom. The molecular weight excluding hydrogens is 246 g/mol. The van der Waals surface area contributed by atoms with Gasteiger partial charge in [0.05, 0.1) is 0 Å². The van der Waals surface area contributed by atoms with E-state index in [1.165, 1.54) is 17.5 Å². The monoisotopic (exact) mass is 269 g/mol. The van der Waals surface area contributed by atoms with Gasteiger partial charge in [0.2, 0.25) is 0 Å². The first-order valence-corrected chi connectivity index (χ1v) is 7.28. The first-order chi connectivity index (χ1) is 9.67. The van der Waals surface area contributed by atoms with Crippen LogP contribution in [0.2, 0.25) is 0 Å². The highest BCUT2D eigenvalue weighted by atomic mass is 16.5. The second kappa shape index (κ2) is 7.11. The largest absolute Gasteiger partial charge is 0.457 e. The Balaban J connectivity index is 2.05. The molecule has 0 aliphatic carbocycles. The number of aryl methyl sites for hydroxylation is 1. The highest BCUT2D eigenvalue weighted by Crippen LogP contribution is 2.23. The van der Waals surface area contributed by atoms with Gasteiger partial charge < -0.3 is 10.5 Å². The molecule has 0 aromatic heterocycles. The fourth-order valence-electron chi connectivity index (χ4n) is 2.26. The molecule has 2 rings (SSSR count). The molecule has 0 heterocycles. The second-order valence-corrected chi connectivity index (χ2v) is 5.32. The van der Waals surface area contributed by atoms with Crippen LogP contribution in [0.25, 0.3) is 0 Å². The minimum absolute atomic E-state index is 0.165. The molecule has 106 valence electrons. The molecule has 0 radical (unpaired) electrons. The van der Waals surface area contributed by atoms with Crippen molar-refractivity contribution < 1.29 is 4.74 Å². The molecule has 1 unspecified atom stereocenters. The van der Waals surface area contributed by atoms with Crippen molar-refractivity contribution >= 4 is 0 Å². The third kappa shape index (κ3) is 4.39. The summed E-state index contributed by atoms with van der Waals surface area (Å²) in [5.41, 5.74) is 8.39. The molecule has 2 aromatic rings. The fraction of sp³-hybridized carbons (Fsp3) is 0.333. The van der Waals surface area contributed by atoms with E-state index < -0.39 is 0 Å². The van der Waals surface area contributed by atoms with Crippen molar-refractivity contribution in [3.63, 3.8) is 0 Å². The van der Waals surface area contributed by atoms with Crippen molar-refractivity contribution in [1.82, 2.24) is 0 Å². The molecule has 0 saturated heterocycles. The molecule has 0 amide bonds. The molecule has 0 bridgehead atoms. The van der Waals surface area contributed by atoms with Crippen LogP contribution in [0.1, 0.15) is 31.4 Å². The molecule has 0 fully saturated rings. The summed E-state index contributed by atoms with van der Waals surface area (Å²) in [6.07, 6.45) is 3.15. The van der Waals surface area contributed by atoms with Gasteiger partial charge in [-0.15, -0.1) is 0 Å². The van der Waals surface area contributed by atoms with E-state index in [9.17, 15) is 0 Å². The van der Waals surface area contributed by atoms with E-state index in [-0.39, 0.29) is 6.04 Å². The number of hydrogen-bond acceptors (Lipinski definition) is 2. The Bertz CT molecular complexity index is 531. The van der Waals surface area contributed by atoms with Crippen LogP contribution in [-0.2, 0) is 12.8 Å². The summed E-state index contributed by atoms with van der Waals surface area (Å²) in [4.78, 5) is 0. The molecule has 0 spiro atoms. The van der Waals surface area contributed by atoms with E-state index in [0.29, 0.717) is 0 Å². The molecule has 2 nitrogen and oxygen atoms in total. The highest BCUT2D eigenvalue weighted by Gasteiger charge is 2.02. The van der Waals surface area contributed by atoms with Crippen LogP contribution in [0.15, 0.2) is 48.5 Å². The topological polar surface area (TPSA) is 35.2 Å². The van der Waals surface area contributed by atoms with E-state index in [1.54, 1.807) is 0 Å². The minimum atomic E-state index is 0.165. The molecular formula is C18H23NO. The Hall–Kier alpha value is -1.80. The van der Waals surface area contributed by atoms with Crippen molar-refractivity contribution in [2.45, 2.75) is 39.2 Å². The lowest BCUT2D eigenvalue weighted by Gasteiger charge is -2.09. The van der Waals surface area contributed by atoms with E-state index in [2.05, 4.69) is 31.2 Å². The summed E-state index contributed by atoms with van der Waals surface area (Å²) >= 11 is 0. The highest BCUT2D eigenvalue weighted by molar-refractivity contribution is 5.35. The zero-order valence-electron chi connectivity index (χ0n) is 12.3. The molecule has 20 heavy (non-hydrogen) atoms. The van der Waals surface area contributed by atoms with E-state index in [4.69, 9.17) is 10.5 Å². The molecule has 2 heteroatoms. The summed E-state index contributed by atoms with van der Waals surface area (Å²) in [6, 6.07) is 16.6. The number of benzene rings is 2. The van der Waals surface area contributed by atoms with Crippen LogP contribution < -0.4 is 10.5 Å². The zero-order valence-corrected chi connectivity index (χ0v) is 12.3. The predicted molar refractivity (Wildman–Crippen MR) is 84.3 cm³/mol.